The highest BCUT2D eigenvalue weighted by molar-refractivity contribution is 6.05. The van der Waals surface area contributed by atoms with Crippen molar-refractivity contribution in [3.8, 4) is 22.5 Å². The normalized spacial score (nSPS) is 18.3. The molecule has 1 atom stereocenters. The Morgan fingerprint density at radius 3 is 2.41 bits per heavy atom. The van der Waals surface area contributed by atoms with Crippen LogP contribution in [-0.4, -0.2) is 38.2 Å². The van der Waals surface area contributed by atoms with E-state index in [1.807, 2.05) is 6.07 Å². The van der Waals surface area contributed by atoms with Gasteiger partial charge in [-0.2, -0.15) is 13.2 Å². The first-order valence-electron chi connectivity index (χ1n) is 10.6. The minimum Gasteiger partial charge on any atom is -0.333 e. The Balaban J connectivity index is 1.47. The van der Waals surface area contributed by atoms with Crippen LogP contribution in [0.25, 0.3) is 22.5 Å². The largest absolute Gasteiger partial charge is 0.416 e. The van der Waals surface area contributed by atoms with Crippen LogP contribution in [0.15, 0.2) is 48.8 Å². The molecule has 1 aromatic heterocycles. The van der Waals surface area contributed by atoms with E-state index in [0.29, 0.717) is 28.1 Å². The number of fused-ring (bicyclic) bond motifs is 1. The van der Waals surface area contributed by atoms with Crippen LogP contribution in [0.5, 0.6) is 0 Å². The van der Waals surface area contributed by atoms with Gasteiger partial charge in [-0.1, -0.05) is 18.2 Å². The molecular formula is C24H19F3N4O3. The zero-order valence-electron chi connectivity index (χ0n) is 18.0. The topological polar surface area (TPSA) is 84.3 Å². The quantitative estimate of drug-likeness (QED) is 0.596. The number of benzene rings is 2. The summed E-state index contributed by atoms with van der Waals surface area (Å²) in [6, 6.07) is 9.39. The van der Waals surface area contributed by atoms with E-state index in [-0.39, 0.29) is 31.2 Å². The predicted octanol–water partition coefficient (Wildman–Crippen LogP) is 3.53. The molecule has 0 saturated carbocycles. The summed E-state index contributed by atoms with van der Waals surface area (Å²) >= 11 is 0. The molecule has 0 spiro atoms. The van der Waals surface area contributed by atoms with Gasteiger partial charge in [0.1, 0.15) is 6.04 Å². The average molecular weight is 468 g/mol. The van der Waals surface area contributed by atoms with Gasteiger partial charge in [-0.05, 0) is 36.2 Å². The highest BCUT2D eigenvalue weighted by atomic mass is 19.4. The first-order chi connectivity index (χ1) is 16.1. The molecule has 2 aliphatic heterocycles. The van der Waals surface area contributed by atoms with Gasteiger partial charge in [0, 0.05) is 36.7 Å². The number of amides is 3. The number of carbonyl (C=O) groups is 3. The van der Waals surface area contributed by atoms with E-state index < -0.39 is 23.7 Å². The summed E-state index contributed by atoms with van der Waals surface area (Å²) in [5.41, 5.74) is 2.94. The fourth-order valence-corrected chi connectivity index (χ4v) is 4.52. The Morgan fingerprint density at radius 1 is 1.03 bits per heavy atom. The Hall–Kier alpha value is -3.95. The molecule has 3 aromatic rings. The molecule has 7 nitrogen and oxygen atoms in total. The molecular weight excluding hydrogens is 449 g/mol. The number of hydrogen-bond donors (Lipinski definition) is 1. The van der Waals surface area contributed by atoms with E-state index in [4.69, 9.17) is 0 Å². The number of aromatic nitrogens is 2. The summed E-state index contributed by atoms with van der Waals surface area (Å²) in [5.74, 6) is -1.11. The van der Waals surface area contributed by atoms with Crippen LogP contribution in [0.3, 0.4) is 0 Å². The second-order valence-corrected chi connectivity index (χ2v) is 8.40. The van der Waals surface area contributed by atoms with Crippen LogP contribution >= 0.6 is 0 Å². The second kappa shape index (κ2) is 7.82. The van der Waals surface area contributed by atoms with Crippen molar-refractivity contribution >= 4 is 17.7 Å². The Morgan fingerprint density at radius 2 is 1.74 bits per heavy atom. The maximum Gasteiger partial charge on any atom is 0.416 e. The number of hydrogen-bond acceptors (Lipinski definition) is 4. The number of halogens is 3. The summed E-state index contributed by atoms with van der Waals surface area (Å²) in [5, 5.41) is 2.28. The van der Waals surface area contributed by atoms with Gasteiger partial charge < -0.3 is 9.47 Å². The van der Waals surface area contributed by atoms with Crippen LogP contribution in [0.1, 0.15) is 34.3 Å². The first kappa shape index (κ1) is 21.9. The van der Waals surface area contributed by atoms with Crippen LogP contribution in [-0.2, 0) is 29.4 Å². The minimum atomic E-state index is -4.42. The highest BCUT2D eigenvalue weighted by Crippen LogP contribution is 2.36. The third-order valence-electron chi connectivity index (χ3n) is 6.22. The molecule has 3 heterocycles. The van der Waals surface area contributed by atoms with Gasteiger partial charge in [0.15, 0.2) is 0 Å². The lowest BCUT2D eigenvalue weighted by molar-refractivity contribution is -0.138. The molecule has 0 bridgehead atoms. The number of imide groups is 1. The Labute approximate surface area is 192 Å². The third-order valence-corrected chi connectivity index (χ3v) is 6.22. The van der Waals surface area contributed by atoms with Gasteiger partial charge in [0.25, 0.3) is 5.91 Å². The molecule has 174 valence electrons. The second-order valence-electron chi connectivity index (χ2n) is 8.40. The molecule has 2 aromatic carbocycles. The van der Waals surface area contributed by atoms with E-state index in [2.05, 4.69) is 10.3 Å². The monoisotopic (exact) mass is 468 g/mol. The molecule has 1 unspecified atom stereocenters. The van der Waals surface area contributed by atoms with Gasteiger partial charge >= 0.3 is 6.18 Å². The average Bonchev–Trinajstić information content (AvgIpc) is 3.33. The van der Waals surface area contributed by atoms with Gasteiger partial charge in [-0.3, -0.25) is 19.7 Å². The minimum absolute atomic E-state index is 0.173. The van der Waals surface area contributed by atoms with Crippen molar-refractivity contribution in [1.29, 1.82) is 0 Å². The molecule has 1 fully saturated rings. The molecule has 34 heavy (non-hydrogen) atoms. The SMILES string of the molecule is Cn1cnc(-c2ccc3c(c2)CN(C2CCC(=O)NC2=O)C3=O)c1-c1ccc(C(F)(F)F)cc1. The number of nitrogens with one attached hydrogen (secondary N) is 1. The number of imidazole rings is 1. The smallest absolute Gasteiger partial charge is 0.333 e. The van der Waals surface area contributed by atoms with Crippen LogP contribution in [0.2, 0.25) is 0 Å². The molecule has 0 radical (unpaired) electrons. The van der Waals surface area contributed by atoms with E-state index in [0.717, 1.165) is 17.7 Å². The van der Waals surface area contributed by atoms with Crippen LogP contribution in [0, 0.1) is 0 Å². The van der Waals surface area contributed by atoms with E-state index in [1.165, 1.54) is 17.0 Å². The molecule has 5 rings (SSSR count). The molecule has 2 aliphatic rings. The summed E-state index contributed by atoms with van der Waals surface area (Å²) in [6.07, 6.45) is -2.40. The predicted molar refractivity (Wildman–Crippen MR) is 115 cm³/mol. The van der Waals surface area contributed by atoms with Crippen molar-refractivity contribution in [1.82, 2.24) is 19.8 Å². The van der Waals surface area contributed by atoms with E-state index in [9.17, 15) is 27.6 Å². The number of carbonyl (C=O) groups excluding carboxylic acids is 3. The molecule has 3 amide bonds. The van der Waals surface area contributed by atoms with E-state index >= 15 is 0 Å². The molecule has 1 N–H and O–H groups in total. The number of rotatable bonds is 3. The van der Waals surface area contributed by atoms with Crippen molar-refractivity contribution in [3.63, 3.8) is 0 Å². The Bertz CT molecular complexity index is 1330. The summed E-state index contributed by atoms with van der Waals surface area (Å²) in [6.45, 7) is 0.219. The third kappa shape index (κ3) is 3.64. The van der Waals surface area contributed by atoms with Gasteiger partial charge in [0.2, 0.25) is 11.8 Å². The van der Waals surface area contributed by atoms with Gasteiger partial charge in [0.05, 0.1) is 23.3 Å². The maximum atomic E-state index is 13.0. The maximum absolute atomic E-state index is 13.0. The number of aryl methyl sites for hydroxylation is 1. The summed E-state index contributed by atoms with van der Waals surface area (Å²) in [4.78, 5) is 42.5. The lowest BCUT2D eigenvalue weighted by Crippen LogP contribution is -2.52. The highest BCUT2D eigenvalue weighted by Gasteiger charge is 2.39. The van der Waals surface area contributed by atoms with Gasteiger partial charge in [-0.15, -0.1) is 0 Å². The van der Waals surface area contributed by atoms with Crippen molar-refractivity contribution in [2.75, 3.05) is 0 Å². The van der Waals surface area contributed by atoms with Crippen molar-refractivity contribution < 1.29 is 27.6 Å². The molecule has 1 saturated heterocycles. The van der Waals surface area contributed by atoms with Crippen LogP contribution in [0.4, 0.5) is 13.2 Å². The first-order valence-corrected chi connectivity index (χ1v) is 10.6. The molecule has 0 aliphatic carbocycles. The van der Waals surface area contributed by atoms with Crippen molar-refractivity contribution in [3.05, 3.63) is 65.5 Å². The van der Waals surface area contributed by atoms with Crippen molar-refractivity contribution in [2.24, 2.45) is 7.05 Å². The number of alkyl halides is 3. The molecule has 10 heteroatoms. The van der Waals surface area contributed by atoms with E-state index in [1.54, 1.807) is 30.1 Å². The zero-order valence-corrected chi connectivity index (χ0v) is 18.0. The van der Waals surface area contributed by atoms with Crippen molar-refractivity contribution in [2.45, 2.75) is 31.6 Å². The number of nitrogens with zero attached hydrogens (tertiary/aromatic N) is 3. The lowest BCUT2D eigenvalue weighted by atomic mass is 10.00. The lowest BCUT2D eigenvalue weighted by Gasteiger charge is -2.29. The Kier molecular flexibility index (Phi) is 5.03. The zero-order chi connectivity index (χ0) is 24.2. The standard InChI is InChI=1S/C24H19F3N4O3/c1-30-12-28-20(21(30)13-2-5-16(6-3-13)24(25,26)27)14-4-7-17-15(10-14)11-31(23(17)34)18-8-9-19(32)29-22(18)33/h2-7,10,12,18H,8-9,11H2,1H3,(H,29,32,33). The fourth-order valence-electron chi connectivity index (χ4n) is 4.52. The number of piperidine rings is 1. The summed E-state index contributed by atoms with van der Waals surface area (Å²) in [7, 11) is 1.76. The van der Waals surface area contributed by atoms with Crippen LogP contribution < -0.4 is 5.32 Å². The summed E-state index contributed by atoms with van der Waals surface area (Å²) < 4.78 is 40.6. The van der Waals surface area contributed by atoms with Gasteiger partial charge in [-0.25, -0.2) is 4.98 Å². The fraction of sp³-hybridized carbons (Fsp3) is 0.250.